The number of thioether (sulfide) groups is 1. The average Bonchev–Trinajstić information content (AvgIpc) is 2.37. The van der Waals surface area contributed by atoms with Crippen molar-refractivity contribution in [2.45, 2.75) is 30.4 Å². The molecule has 0 saturated carbocycles. The number of nitrogens with one attached hydrogen (secondary N) is 1. The first-order valence-electron chi connectivity index (χ1n) is 6.15. The molecule has 0 aliphatic carbocycles. The Morgan fingerprint density at radius 2 is 2.16 bits per heavy atom. The number of rotatable bonds is 5. The molecule has 0 spiro atoms. The summed E-state index contributed by atoms with van der Waals surface area (Å²) in [6.07, 6.45) is 2.00. The van der Waals surface area contributed by atoms with Crippen molar-refractivity contribution in [2.24, 2.45) is 0 Å². The molecule has 0 amide bonds. The first-order valence-corrected chi connectivity index (χ1v) is 7.55. The zero-order valence-corrected chi connectivity index (χ0v) is 12.3. The lowest BCUT2D eigenvalue weighted by Crippen LogP contribution is -1.98. The van der Waals surface area contributed by atoms with Crippen LogP contribution in [-0.4, -0.2) is 9.97 Å². The second kappa shape index (κ2) is 6.82. The summed E-state index contributed by atoms with van der Waals surface area (Å²) in [5, 5.41) is 0. The maximum Gasteiger partial charge on any atom is 0.136 e. The first-order chi connectivity index (χ1) is 9.19. The van der Waals surface area contributed by atoms with Crippen molar-refractivity contribution in [3.8, 4) is 0 Å². The molecule has 2 aromatic rings. The van der Waals surface area contributed by atoms with Gasteiger partial charge in [-0.05, 0) is 24.6 Å². The summed E-state index contributed by atoms with van der Waals surface area (Å²) in [6, 6.07) is 8.63. The fraction of sp³-hybridized carbons (Fsp3) is 0.286. The molecular formula is C14H15FN2S2. The highest BCUT2D eigenvalue weighted by molar-refractivity contribution is 7.98. The van der Waals surface area contributed by atoms with Crippen LogP contribution in [0.5, 0.6) is 0 Å². The predicted octanol–water partition coefficient (Wildman–Crippen LogP) is 4.52. The number of aromatic nitrogens is 2. The van der Waals surface area contributed by atoms with Gasteiger partial charge in [-0.2, -0.15) is 0 Å². The topological polar surface area (TPSA) is 28.7 Å². The monoisotopic (exact) mass is 294 g/mol. The van der Waals surface area contributed by atoms with Gasteiger partial charge in [0, 0.05) is 10.6 Å². The second-order valence-corrected chi connectivity index (χ2v) is 5.60. The van der Waals surface area contributed by atoms with E-state index in [4.69, 9.17) is 12.2 Å². The summed E-state index contributed by atoms with van der Waals surface area (Å²) < 4.78 is 14.1. The van der Waals surface area contributed by atoms with Gasteiger partial charge in [-0.3, -0.25) is 0 Å². The van der Waals surface area contributed by atoms with Crippen molar-refractivity contribution >= 4 is 24.0 Å². The zero-order valence-electron chi connectivity index (χ0n) is 10.6. The van der Waals surface area contributed by atoms with E-state index in [-0.39, 0.29) is 5.82 Å². The van der Waals surface area contributed by atoms with Crippen LogP contribution in [0.1, 0.15) is 24.9 Å². The van der Waals surface area contributed by atoms with Crippen LogP contribution < -0.4 is 0 Å². The molecule has 100 valence electrons. The molecule has 0 bridgehead atoms. The molecule has 0 unspecified atom stereocenters. The predicted molar refractivity (Wildman–Crippen MR) is 79.4 cm³/mol. The van der Waals surface area contributed by atoms with Gasteiger partial charge in [0.15, 0.2) is 0 Å². The molecule has 0 atom stereocenters. The van der Waals surface area contributed by atoms with Gasteiger partial charge in [-0.1, -0.05) is 37.7 Å². The number of aryl methyl sites for hydroxylation is 1. The smallest absolute Gasteiger partial charge is 0.136 e. The highest BCUT2D eigenvalue weighted by Crippen LogP contribution is 2.24. The highest BCUT2D eigenvalue weighted by atomic mass is 32.2. The van der Waals surface area contributed by atoms with Crippen LogP contribution in [-0.2, 0) is 12.2 Å². The van der Waals surface area contributed by atoms with Gasteiger partial charge in [0.1, 0.15) is 16.3 Å². The molecule has 5 heteroatoms. The molecule has 0 aliphatic rings. The first kappa shape index (κ1) is 14.2. The van der Waals surface area contributed by atoms with E-state index in [0.29, 0.717) is 15.3 Å². The molecule has 1 heterocycles. The van der Waals surface area contributed by atoms with Crippen molar-refractivity contribution in [1.29, 1.82) is 0 Å². The van der Waals surface area contributed by atoms with Gasteiger partial charge >= 0.3 is 0 Å². The maximum atomic E-state index is 13.5. The lowest BCUT2D eigenvalue weighted by atomic mass is 10.2. The highest BCUT2D eigenvalue weighted by Gasteiger charge is 2.04. The van der Waals surface area contributed by atoms with E-state index in [2.05, 4.69) is 16.9 Å². The summed E-state index contributed by atoms with van der Waals surface area (Å²) >= 11 is 6.56. The third-order valence-electron chi connectivity index (χ3n) is 2.57. The molecule has 0 saturated heterocycles. The van der Waals surface area contributed by atoms with Crippen LogP contribution in [0.25, 0.3) is 0 Å². The van der Waals surface area contributed by atoms with Crippen LogP contribution in [0.15, 0.2) is 35.2 Å². The Morgan fingerprint density at radius 1 is 1.37 bits per heavy atom. The summed E-state index contributed by atoms with van der Waals surface area (Å²) in [7, 11) is 0. The fourth-order valence-corrected chi connectivity index (χ4v) is 2.81. The van der Waals surface area contributed by atoms with Gasteiger partial charge in [0.2, 0.25) is 0 Å². The van der Waals surface area contributed by atoms with Gasteiger partial charge in [0.05, 0.1) is 5.75 Å². The van der Waals surface area contributed by atoms with E-state index in [9.17, 15) is 4.39 Å². The Hall–Kier alpha value is -1.20. The van der Waals surface area contributed by atoms with Crippen LogP contribution >= 0.6 is 24.0 Å². The van der Waals surface area contributed by atoms with E-state index in [1.165, 1.54) is 17.8 Å². The minimum absolute atomic E-state index is 0.198. The average molecular weight is 294 g/mol. The minimum Gasteiger partial charge on any atom is -0.346 e. The normalized spacial score (nSPS) is 10.6. The third kappa shape index (κ3) is 4.14. The lowest BCUT2D eigenvalue weighted by Gasteiger charge is -2.05. The number of halogens is 1. The summed E-state index contributed by atoms with van der Waals surface area (Å²) in [4.78, 5) is 8.16. The standard InChI is InChI=1S/C14H15FN2S2/c1-2-5-10-8-14(18)17-13(16-10)9-19-12-7-4-3-6-11(12)15/h3-4,6-8H,2,5,9H2,1H3,(H,16,17,18). The van der Waals surface area contributed by atoms with Crippen molar-refractivity contribution in [3.05, 3.63) is 52.3 Å². The molecular weight excluding hydrogens is 279 g/mol. The van der Waals surface area contributed by atoms with E-state index in [1.807, 2.05) is 12.1 Å². The molecule has 1 aromatic carbocycles. The second-order valence-electron chi connectivity index (χ2n) is 4.16. The Kier molecular flexibility index (Phi) is 5.10. The molecule has 0 aliphatic heterocycles. The van der Waals surface area contributed by atoms with Crippen molar-refractivity contribution < 1.29 is 4.39 Å². The molecule has 19 heavy (non-hydrogen) atoms. The number of nitrogens with zero attached hydrogens (tertiary/aromatic N) is 1. The Bertz CT molecular complexity index is 610. The van der Waals surface area contributed by atoms with Gasteiger partial charge < -0.3 is 4.98 Å². The number of aromatic amines is 1. The van der Waals surface area contributed by atoms with Gasteiger partial charge in [-0.15, -0.1) is 11.8 Å². The molecule has 2 rings (SSSR count). The zero-order chi connectivity index (χ0) is 13.7. The SMILES string of the molecule is CCCc1cc(=S)nc(CSc2ccccc2F)[nH]1. The number of hydrogen-bond donors (Lipinski definition) is 1. The van der Waals surface area contributed by atoms with E-state index >= 15 is 0 Å². The van der Waals surface area contributed by atoms with E-state index < -0.39 is 0 Å². The summed E-state index contributed by atoms with van der Waals surface area (Å²) in [6.45, 7) is 2.12. The van der Waals surface area contributed by atoms with Crippen molar-refractivity contribution in [2.75, 3.05) is 0 Å². The van der Waals surface area contributed by atoms with Crippen LogP contribution in [0, 0.1) is 10.5 Å². The lowest BCUT2D eigenvalue weighted by molar-refractivity contribution is 0.602. The Labute approximate surface area is 121 Å². The van der Waals surface area contributed by atoms with Gasteiger partial charge in [0.25, 0.3) is 0 Å². The van der Waals surface area contributed by atoms with Crippen molar-refractivity contribution in [3.63, 3.8) is 0 Å². The maximum absolute atomic E-state index is 13.5. The Balaban J connectivity index is 2.11. The quantitative estimate of drug-likeness (QED) is 0.649. The molecule has 2 nitrogen and oxygen atoms in total. The molecule has 1 N–H and O–H groups in total. The number of benzene rings is 1. The Morgan fingerprint density at radius 3 is 2.89 bits per heavy atom. The van der Waals surface area contributed by atoms with Crippen LogP contribution in [0.2, 0.25) is 0 Å². The molecule has 1 aromatic heterocycles. The third-order valence-corrected chi connectivity index (χ3v) is 3.84. The minimum atomic E-state index is -0.198. The van der Waals surface area contributed by atoms with E-state index in [1.54, 1.807) is 12.1 Å². The van der Waals surface area contributed by atoms with Crippen LogP contribution in [0.4, 0.5) is 4.39 Å². The van der Waals surface area contributed by atoms with Gasteiger partial charge in [-0.25, -0.2) is 9.37 Å². The number of hydrogen-bond acceptors (Lipinski definition) is 3. The summed E-state index contributed by atoms with van der Waals surface area (Å²) in [5.41, 5.74) is 1.09. The van der Waals surface area contributed by atoms with Crippen LogP contribution in [0.3, 0.4) is 0 Å². The summed E-state index contributed by atoms with van der Waals surface area (Å²) in [5.74, 6) is 1.18. The fourth-order valence-electron chi connectivity index (χ4n) is 1.74. The molecule has 0 fully saturated rings. The number of H-pyrrole nitrogens is 1. The van der Waals surface area contributed by atoms with E-state index in [0.717, 1.165) is 24.4 Å². The molecule has 0 radical (unpaired) electrons. The van der Waals surface area contributed by atoms with Crippen molar-refractivity contribution in [1.82, 2.24) is 9.97 Å². The largest absolute Gasteiger partial charge is 0.346 e.